The average molecular weight is 342 g/mol. The van der Waals surface area contributed by atoms with Crippen molar-refractivity contribution in [2.45, 2.75) is 18.9 Å². The van der Waals surface area contributed by atoms with Crippen molar-refractivity contribution in [3.63, 3.8) is 0 Å². The van der Waals surface area contributed by atoms with Gasteiger partial charge in [0.05, 0.1) is 6.04 Å². The van der Waals surface area contributed by atoms with Crippen molar-refractivity contribution in [3.8, 4) is 0 Å². The van der Waals surface area contributed by atoms with Gasteiger partial charge in [0.1, 0.15) is 0 Å². The highest BCUT2D eigenvalue weighted by atomic mass is 16.2. The van der Waals surface area contributed by atoms with Crippen LogP contribution < -0.4 is 10.6 Å². The second-order valence-electron chi connectivity index (χ2n) is 6.70. The van der Waals surface area contributed by atoms with Gasteiger partial charge in [-0.25, -0.2) is 0 Å². The van der Waals surface area contributed by atoms with Gasteiger partial charge in [-0.3, -0.25) is 4.79 Å². The van der Waals surface area contributed by atoms with Crippen LogP contribution in [0.3, 0.4) is 0 Å². The van der Waals surface area contributed by atoms with E-state index in [2.05, 4.69) is 65.3 Å². The average Bonchev–Trinajstić information content (AvgIpc) is 3.22. The van der Waals surface area contributed by atoms with Crippen LogP contribution in [0.25, 0.3) is 22.9 Å². The van der Waals surface area contributed by atoms with Gasteiger partial charge in [0, 0.05) is 5.69 Å². The summed E-state index contributed by atoms with van der Waals surface area (Å²) < 4.78 is 0. The molecule has 1 fully saturated rings. The van der Waals surface area contributed by atoms with Gasteiger partial charge in [0.15, 0.2) is 0 Å². The quantitative estimate of drug-likeness (QED) is 0.675. The Bertz CT molecular complexity index is 938. The number of anilines is 1. The summed E-state index contributed by atoms with van der Waals surface area (Å²) >= 11 is 0. The van der Waals surface area contributed by atoms with E-state index in [0.29, 0.717) is 0 Å². The van der Waals surface area contributed by atoms with Gasteiger partial charge in [-0.15, -0.1) is 0 Å². The lowest BCUT2D eigenvalue weighted by molar-refractivity contribution is -0.117. The molecule has 0 bridgehead atoms. The molecule has 3 aromatic rings. The number of amides is 1. The Kier molecular flexibility index (Phi) is 4.80. The smallest absolute Gasteiger partial charge is 0.241 e. The van der Waals surface area contributed by atoms with Gasteiger partial charge < -0.3 is 10.6 Å². The van der Waals surface area contributed by atoms with Crippen molar-refractivity contribution < 1.29 is 4.79 Å². The normalized spacial score (nSPS) is 17.0. The molecule has 1 amide bonds. The van der Waals surface area contributed by atoms with Gasteiger partial charge in [-0.05, 0) is 59.5 Å². The van der Waals surface area contributed by atoms with Crippen molar-refractivity contribution in [2.75, 3.05) is 11.9 Å². The Hall–Kier alpha value is -2.91. The van der Waals surface area contributed by atoms with E-state index in [1.807, 2.05) is 24.3 Å². The molecule has 0 spiro atoms. The number of fused-ring (bicyclic) bond motifs is 1. The predicted molar refractivity (Wildman–Crippen MR) is 109 cm³/mol. The van der Waals surface area contributed by atoms with Gasteiger partial charge in [-0.2, -0.15) is 0 Å². The van der Waals surface area contributed by atoms with E-state index in [-0.39, 0.29) is 11.9 Å². The molecule has 3 heteroatoms. The lowest BCUT2D eigenvalue weighted by atomic mass is 10.1. The monoisotopic (exact) mass is 342 g/mol. The van der Waals surface area contributed by atoms with Gasteiger partial charge in [0.2, 0.25) is 5.91 Å². The summed E-state index contributed by atoms with van der Waals surface area (Å²) in [6, 6.07) is 22.7. The van der Waals surface area contributed by atoms with E-state index in [9.17, 15) is 4.79 Å². The van der Waals surface area contributed by atoms with E-state index >= 15 is 0 Å². The molecule has 26 heavy (non-hydrogen) atoms. The first-order valence-corrected chi connectivity index (χ1v) is 9.09. The summed E-state index contributed by atoms with van der Waals surface area (Å²) in [7, 11) is 0. The molecule has 3 nitrogen and oxygen atoms in total. The number of hydrogen-bond donors (Lipinski definition) is 2. The Morgan fingerprint density at radius 1 is 0.923 bits per heavy atom. The fourth-order valence-electron chi connectivity index (χ4n) is 3.32. The number of carbonyl (C=O) groups excluding carboxylic acids is 1. The molecule has 0 unspecified atom stereocenters. The molecule has 1 saturated heterocycles. The molecule has 1 atom stereocenters. The lowest BCUT2D eigenvalue weighted by Gasteiger charge is -2.11. The van der Waals surface area contributed by atoms with E-state index < -0.39 is 0 Å². The van der Waals surface area contributed by atoms with Gasteiger partial charge >= 0.3 is 0 Å². The SMILES string of the molecule is O=C(Nc1ccc(/C=C/c2ccc3ccccc3c2)cc1)[C@H]1CCCN1. The third kappa shape index (κ3) is 3.84. The minimum absolute atomic E-state index is 0.0533. The van der Waals surface area contributed by atoms with Crippen molar-refractivity contribution >= 4 is 34.5 Å². The molecule has 130 valence electrons. The summed E-state index contributed by atoms with van der Waals surface area (Å²) in [5.74, 6) is 0.0574. The van der Waals surface area contributed by atoms with Crippen molar-refractivity contribution in [1.82, 2.24) is 5.32 Å². The first kappa shape index (κ1) is 16.6. The Morgan fingerprint density at radius 3 is 2.42 bits per heavy atom. The fourth-order valence-corrected chi connectivity index (χ4v) is 3.32. The third-order valence-electron chi connectivity index (χ3n) is 4.80. The van der Waals surface area contributed by atoms with Crippen LogP contribution in [0, 0.1) is 0 Å². The minimum Gasteiger partial charge on any atom is -0.325 e. The molecule has 1 heterocycles. The Morgan fingerprint density at radius 2 is 1.65 bits per heavy atom. The van der Waals surface area contributed by atoms with Crippen LogP contribution >= 0.6 is 0 Å². The zero-order valence-electron chi connectivity index (χ0n) is 14.6. The molecule has 1 aliphatic heterocycles. The molecular weight excluding hydrogens is 320 g/mol. The Balaban J connectivity index is 1.42. The second kappa shape index (κ2) is 7.54. The van der Waals surface area contributed by atoms with Crippen molar-refractivity contribution in [3.05, 3.63) is 77.9 Å². The standard InChI is InChI=1S/C23H22N2O/c26-23(22-6-3-15-24-22)25-21-13-10-17(11-14-21)7-8-18-9-12-19-4-1-2-5-20(19)16-18/h1-2,4-5,7-14,16,22,24H,3,6,15H2,(H,25,26)/b8-7+/t22-/m1/s1. The van der Waals surface area contributed by atoms with Crippen LogP contribution in [0.5, 0.6) is 0 Å². The zero-order valence-corrected chi connectivity index (χ0v) is 14.6. The van der Waals surface area contributed by atoms with Crippen LogP contribution in [0.4, 0.5) is 5.69 Å². The van der Waals surface area contributed by atoms with Crippen LogP contribution in [0.1, 0.15) is 24.0 Å². The maximum atomic E-state index is 12.1. The number of rotatable bonds is 4. The summed E-state index contributed by atoms with van der Waals surface area (Å²) in [5, 5.41) is 8.69. The molecule has 0 saturated carbocycles. The first-order valence-electron chi connectivity index (χ1n) is 9.09. The van der Waals surface area contributed by atoms with Gasteiger partial charge in [0.25, 0.3) is 0 Å². The maximum Gasteiger partial charge on any atom is 0.241 e. The molecular formula is C23H22N2O. The van der Waals surface area contributed by atoms with E-state index in [0.717, 1.165) is 30.6 Å². The summed E-state index contributed by atoms with van der Waals surface area (Å²) in [5.41, 5.74) is 3.12. The highest BCUT2D eigenvalue weighted by Gasteiger charge is 2.21. The molecule has 4 rings (SSSR count). The first-order chi connectivity index (χ1) is 12.8. The highest BCUT2D eigenvalue weighted by Crippen LogP contribution is 2.18. The van der Waals surface area contributed by atoms with Gasteiger partial charge in [-0.1, -0.05) is 60.7 Å². The topological polar surface area (TPSA) is 41.1 Å². The largest absolute Gasteiger partial charge is 0.325 e. The molecule has 0 aliphatic carbocycles. The highest BCUT2D eigenvalue weighted by molar-refractivity contribution is 5.95. The van der Waals surface area contributed by atoms with Crippen molar-refractivity contribution in [2.24, 2.45) is 0 Å². The second-order valence-corrected chi connectivity index (χ2v) is 6.70. The van der Waals surface area contributed by atoms with E-state index in [1.54, 1.807) is 0 Å². The lowest BCUT2D eigenvalue weighted by Crippen LogP contribution is -2.35. The number of nitrogens with one attached hydrogen (secondary N) is 2. The summed E-state index contributed by atoms with van der Waals surface area (Å²) in [6.45, 7) is 0.927. The summed E-state index contributed by atoms with van der Waals surface area (Å²) in [6.07, 6.45) is 6.19. The van der Waals surface area contributed by atoms with Crippen molar-refractivity contribution in [1.29, 1.82) is 0 Å². The predicted octanol–water partition coefficient (Wildman–Crippen LogP) is 4.70. The number of benzene rings is 3. The zero-order chi connectivity index (χ0) is 17.8. The molecule has 0 aromatic heterocycles. The van der Waals surface area contributed by atoms with E-state index in [4.69, 9.17) is 0 Å². The molecule has 1 aliphatic rings. The Labute approximate surface area is 153 Å². The number of hydrogen-bond acceptors (Lipinski definition) is 2. The molecule has 0 radical (unpaired) electrons. The fraction of sp³-hybridized carbons (Fsp3) is 0.174. The van der Waals surface area contributed by atoms with E-state index in [1.165, 1.54) is 16.3 Å². The molecule has 2 N–H and O–H groups in total. The maximum absolute atomic E-state index is 12.1. The third-order valence-corrected chi connectivity index (χ3v) is 4.80. The van der Waals surface area contributed by atoms with Crippen LogP contribution in [0.15, 0.2) is 66.7 Å². The van der Waals surface area contributed by atoms with Crippen LogP contribution in [-0.4, -0.2) is 18.5 Å². The van der Waals surface area contributed by atoms with Crippen LogP contribution in [0.2, 0.25) is 0 Å². The number of carbonyl (C=O) groups is 1. The molecule has 3 aromatic carbocycles. The van der Waals surface area contributed by atoms with Crippen LogP contribution in [-0.2, 0) is 4.79 Å². The minimum atomic E-state index is -0.0533. The summed E-state index contributed by atoms with van der Waals surface area (Å²) in [4.78, 5) is 12.1.